The van der Waals surface area contributed by atoms with Gasteiger partial charge in [-0.3, -0.25) is 0 Å². The summed E-state index contributed by atoms with van der Waals surface area (Å²) in [6.07, 6.45) is 0. The highest BCUT2D eigenvalue weighted by Gasteiger charge is 2.27. The normalized spacial score (nSPS) is 18.9. The van der Waals surface area contributed by atoms with E-state index in [0.717, 1.165) is 10.5 Å². The van der Waals surface area contributed by atoms with Crippen LogP contribution >= 0.6 is 11.6 Å². The molecule has 4 nitrogen and oxygen atoms in total. The Labute approximate surface area is 105 Å². The van der Waals surface area contributed by atoms with Crippen molar-refractivity contribution in [1.82, 2.24) is 0 Å². The minimum atomic E-state index is -1.05. The van der Waals surface area contributed by atoms with Crippen molar-refractivity contribution in [3.05, 3.63) is 34.9 Å². The van der Waals surface area contributed by atoms with E-state index in [1.807, 2.05) is 0 Å². The zero-order valence-electron chi connectivity index (χ0n) is 9.32. The van der Waals surface area contributed by atoms with Crippen LogP contribution < -0.4 is 10.0 Å². The largest absolute Gasteiger partial charge is 0.544 e. The molecule has 1 saturated heterocycles. The third-order valence-electron chi connectivity index (χ3n) is 2.98. The maximum Gasteiger partial charge on any atom is 0.153 e. The Morgan fingerprint density at radius 1 is 1.29 bits per heavy atom. The lowest BCUT2D eigenvalue weighted by Crippen LogP contribution is -3.15. The Balaban J connectivity index is 2.21. The van der Waals surface area contributed by atoms with E-state index in [2.05, 4.69) is 0 Å². The summed E-state index contributed by atoms with van der Waals surface area (Å²) in [5.74, 6) is -1.05. The number of carboxylic acids is 1. The van der Waals surface area contributed by atoms with Crippen LogP contribution in [0.25, 0.3) is 0 Å². The summed E-state index contributed by atoms with van der Waals surface area (Å²) in [6.45, 7) is 2.54. The molecule has 0 bridgehead atoms. The molecule has 5 heteroatoms. The first-order valence-corrected chi connectivity index (χ1v) is 5.95. The van der Waals surface area contributed by atoms with E-state index >= 15 is 0 Å². The first kappa shape index (κ1) is 12.4. The highest BCUT2D eigenvalue weighted by atomic mass is 35.5. The van der Waals surface area contributed by atoms with E-state index in [1.165, 1.54) is 0 Å². The average molecular weight is 256 g/mol. The molecule has 1 N–H and O–H groups in total. The van der Waals surface area contributed by atoms with Crippen molar-refractivity contribution in [1.29, 1.82) is 0 Å². The summed E-state index contributed by atoms with van der Waals surface area (Å²) in [4.78, 5) is 12.2. The first-order valence-electron chi connectivity index (χ1n) is 5.57. The second-order valence-corrected chi connectivity index (χ2v) is 4.51. The SMILES string of the molecule is O=C([O-])[C@H](c1ccc(Cl)cc1)[NH+]1CCOCC1. The van der Waals surface area contributed by atoms with Gasteiger partial charge in [-0.05, 0) is 12.1 Å². The van der Waals surface area contributed by atoms with Crippen molar-refractivity contribution in [3.8, 4) is 0 Å². The Morgan fingerprint density at radius 2 is 1.88 bits per heavy atom. The van der Waals surface area contributed by atoms with Gasteiger partial charge < -0.3 is 19.5 Å². The predicted molar refractivity (Wildman–Crippen MR) is 60.7 cm³/mol. The van der Waals surface area contributed by atoms with Gasteiger partial charge in [0.25, 0.3) is 0 Å². The summed E-state index contributed by atoms with van der Waals surface area (Å²) in [5.41, 5.74) is 0.728. The number of halogens is 1. The minimum Gasteiger partial charge on any atom is -0.544 e. The zero-order chi connectivity index (χ0) is 12.3. The number of quaternary nitrogens is 1. The Hall–Kier alpha value is -1.10. The van der Waals surface area contributed by atoms with Crippen LogP contribution in [0, 0.1) is 0 Å². The number of aliphatic carboxylic acids is 1. The van der Waals surface area contributed by atoms with E-state index in [4.69, 9.17) is 16.3 Å². The number of carboxylic acid groups (broad SMARTS) is 1. The van der Waals surface area contributed by atoms with Crippen molar-refractivity contribution in [2.45, 2.75) is 6.04 Å². The van der Waals surface area contributed by atoms with Gasteiger partial charge in [0.1, 0.15) is 19.1 Å². The van der Waals surface area contributed by atoms with Crippen LogP contribution in [0.1, 0.15) is 11.6 Å². The summed E-state index contributed by atoms with van der Waals surface area (Å²) in [6, 6.07) is 6.24. The summed E-state index contributed by atoms with van der Waals surface area (Å²) < 4.78 is 5.23. The standard InChI is InChI=1S/C12H14ClNO3/c13-10-3-1-9(2-4-10)11(12(15)16)14-5-7-17-8-6-14/h1-4,11H,5-8H2,(H,15,16)/t11-/m0/s1. The number of carbonyl (C=O) groups is 1. The smallest absolute Gasteiger partial charge is 0.153 e. The fourth-order valence-electron chi connectivity index (χ4n) is 2.12. The van der Waals surface area contributed by atoms with Crippen LogP contribution in [0.5, 0.6) is 0 Å². The van der Waals surface area contributed by atoms with Gasteiger partial charge in [0.05, 0.1) is 13.2 Å². The number of nitrogens with one attached hydrogen (secondary N) is 1. The molecule has 0 spiro atoms. The molecule has 0 unspecified atom stereocenters. The van der Waals surface area contributed by atoms with Gasteiger partial charge in [0.2, 0.25) is 0 Å². The molecule has 0 amide bonds. The predicted octanol–water partition coefficient (Wildman–Crippen LogP) is -0.954. The number of hydrogen-bond acceptors (Lipinski definition) is 3. The summed E-state index contributed by atoms with van der Waals surface area (Å²) in [7, 11) is 0. The fraction of sp³-hybridized carbons (Fsp3) is 0.417. The van der Waals surface area contributed by atoms with Crippen LogP contribution in [0.3, 0.4) is 0 Å². The van der Waals surface area contributed by atoms with Crippen LogP contribution in [0.2, 0.25) is 5.02 Å². The maximum absolute atomic E-state index is 11.3. The molecular weight excluding hydrogens is 242 g/mol. The van der Waals surface area contributed by atoms with E-state index in [1.54, 1.807) is 24.3 Å². The molecule has 92 valence electrons. The molecule has 0 radical (unpaired) electrons. The molecule has 1 aliphatic heterocycles. The topological polar surface area (TPSA) is 53.8 Å². The van der Waals surface area contributed by atoms with Gasteiger partial charge in [-0.2, -0.15) is 0 Å². The molecule has 1 fully saturated rings. The number of hydrogen-bond donors (Lipinski definition) is 1. The second-order valence-electron chi connectivity index (χ2n) is 4.07. The number of morpholine rings is 1. The van der Waals surface area contributed by atoms with Crippen LogP contribution in [0.15, 0.2) is 24.3 Å². The number of benzene rings is 1. The van der Waals surface area contributed by atoms with Gasteiger partial charge in [-0.15, -0.1) is 0 Å². The molecule has 0 saturated carbocycles. The molecule has 1 aromatic carbocycles. The quantitative estimate of drug-likeness (QED) is 0.758. The molecule has 1 aliphatic rings. The first-order chi connectivity index (χ1) is 8.18. The third-order valence-corrected chi connectivity index (χ3v) is 3.23. The lowest BCUT2D eigenvalue weighted by Gasteiger charge is -2.32. The van der Waals surface area contributed by atoms with E-state index in [9.17, 15) is 9.90 Å². The fourth-order valence-corrected chi connectivity index (χ4v) is 2.24. The lowest BCUT2D eigenvalue weighted by molar-refractivity contribution is -0.932. The van der Waals surface area contributed by atoms with Crippen LogP contribution in [-0.4, -0.2) is 32.3 Å². The van der Waals surface area contributed by atoms with Crippen molar-refractivity contribution in [2.24, 2.45) is 0 Å². The molecular formula is C12H14ClNO3. The lowest BCUT2D eigenvalue weighted by atomic mass is 10.1. The van der Waals surface area contributed by atoms with E-state index in [-0.39, 0.29) is 0 Å². The average Bonchev–Trinajstić information content (AvgIpc) is 2.33. The Kier molecular flexibility index (Phi) is 3.99. The van der Waals surface area contributed by atoms with Crippen molar-refractivity contribution >= 4 is 17.6 Å². The highest BCUT2D eigenvalue weighted by Crippen LogP contribution is 2.14. The molecule has 2 rings (SSSR count). The summed E-state index contributed by atoms with van der Waals surface area (Å²) in [5, 5.41) is 11.9. The number of ether oxygens (including phenoxy) is 1. The van der Waals surface area contributed by atoms with Gasteiger partial charge >= 0.3 is 0 Å². The van der Waals surface area contributed by atoms with Crippen molar-refractivity contribution in [3.63, 3.8) is 0 Å². The second kappa shape index (κ2) is 5.49. The molecule has 17 heavy (non-hydrogen) atoms. The van der Waals surface area contributed by atoms with E-state index in [0.29, 0.717) is 31.3 Å². The minimum absolute atomic E-state index is 0.590. The number of rotatable bonds is 3. The van der Waals surface area contributed by atoms with Crippen LogP contribution in [-0.2, 0) is 9.53 Å². The third kappa shape index (κ3) is 2.97. The van der Waals surface area contributed by atoms with Crippen molar-refractivity contribution in [2.75, 3.05) is 26.3 Å². The number of carbonyl (C=O) groups excluding carboxylic acids is 1. The van der Waals surface area contributed by atoms with Gasteiger partial charge in [0.15, 0.2) is 6.04 Å². The molecule has 1 heterocycles. The molecule has 1 atom stereocenters. The van der Waals surface area contributed by atoms with Crippen molar-refractivity contribution < 1.29 is 19.5 Å². The van der Waals surface area contributed by atoms with Gasteiger partial charge in [-0.1, -0.05) is 23.7 Å². The van der Waals surface area contributed by atoms with Gasteiger partial charge in [-0.25, -0.2) is 0 Å². The maximum atomic E-state index is 11.3. The molecule has 0 aromatic heterocycles. The Bertz CT molecular complexity index is 387. The summed E-state index contributed by atoms with van der Waals surface area (Å²) >= 11 is 5.79. The van der Waals surface area contributed by atoms with Gasteiger partial charge in [0, 0.05) is 10.6 Å². The highest BCUT2D eigenvalue weighted by molar-refractivity contribution is 6.30. The zero-order valence-corrected chi connectivity index (χ0v) is 10.1. The Morgan fingerprint density at radius 3 is 2.41 bits per heavy atom. The van der Waals surface area contributed by atoms with Crippen LogP contribution in [0.4, 0.5) is 0 Å². The molecule has 0 aliphatic carbocycles. The monoisotopic (exact) mass is 255 g/mol. The molecule has 1 aromatic rings. The van der Waals surface area contributed by atoms with E-state index < -0.39 is 12.0 Å².